The number of carbonyl (C=O) groups is 1. The maximum atomic E-state index is 12.8. The fourth-order valence-electron chi connectivity index (χ4n) is 4.21. The molecule has 2 fully saturated rings. The Labute approximate surface area is 136 Å². The number of hydrogen-bond acceptors (Lipinski definition) is 3. The Balaban J connectivity index is 1.79. The van der Waals surface area contributed by atoms with Crippen molar-refractivity contribution >= 4 is 5.78 Å². The first-order valence-corrected chi connectivity index (χ1v) is 9.47. The van der Waals surface area contributed by atoms with Gasteiger partial charge in [0.15, 0.2) is 0 Å². The number of ketones is 1. The van der Waals surface area contributed by atoms with Gasteiger partial charge in [-0.25, -0.2) is 0 Å². The lowest BCUT2D eigenvalue weighted by Crippen LogP contribution is -2.37. The number of ether oxygens (including phenoxy) is 1. The quantitative estimate of drug-likeness (QED) is 0.700. The molecule has 128 valence electrons. The molecule has 0 spiro atoms. The summed E-state index contributed by atoms with van der Waals surface area (Å²) >= 11 is 0. The van der Waals surface area contributed by atoms with E-state index >= 15 is 0 Å². The van der Waals surface area contributed by atoms with Crippen LogP contribution in [0.5, 0.6) is 0 Å². The van der Waals surface area contributed by atoms with Gasteiger partial charge < -0.3 is 4.74 Å². The van der Waals surface area contributed by atoms with Crippen LogP contribution in [0.25, 0.3) is 0 Å². The fraction of sp³-hybridized carbons (Fsp3) is 0.947. The molecule has 3 heteroatoms. The van der Waals surface area contributed by atoms with Crippen molar-refractivity contribution in [2.45, 2.75) is 59.3 Å². The molecule has 22 heavy (non-hydrogen) atoms. The summed E-state index contributed by atoms with van der Waals surface area (Å²) < 4.78 is 5.40. The predicted octanol–water partition coefficient (Wildman–Crippen LogP) is 3.77. The van der Waals surface area contributed by atoms with Crippen LogP contribution in [0, 0.1) is 23.7 Å². The topological polar surface area (TPSA) is 29.5 Å². The molecule has 1 saturated heterocycles. The lowest BCUT2D eigenvalue weighted by Gasteiger charge is -2.28. The number of carbonyl (C=O) groups excluding carboxylic acids is 1. The summed E-state index contributed by atoms with van der Waals surface area (Å²) in [4.78, 5) is 15.3. The maximum Gasteiger partial charge on any atom is 0.139 e. The third-order valence-electron chi connectivity index (χ3n) is 6.10. The second kappa shape index (κ2) is 9.02. The summed E-state index contributed by atoms with van der Waals surface area (Å²) in [7, 11) is 0. The van der Waals surface area contributed by atoms with Crippen molar-refractivity contribution < 1.29 is 9.53 Å². The SMILES string of the molecule is CCC(C)C1CCCC(CCCN2CCOCC2)C(C)C1=O. The van der Waals surface area contributed by atoms with Gasteiger partial charge in [-0.05, 0) is 44.1 Å². The molecular formula is C19H35NO2. The van der Waals surface area contributed by atoms with Crippen molar-refractivity contribution in [3.8, 4) is 0 Å². The molecule has 0 bridgehead atoms. The molecule has 0 aromatic heterocycles. The lowest BCUT2D eigenvalue weighted by molar-refractivity contribution is -0.129. The van der Waals surface area contributed by atoms with Crippen molar-refractivity contribution in [2.75, 3.05) is 32.8 Å². The monoisotopic (exact) mass is 309 g/mol. The van der Waals surface area contributed by atoms with Crippen molar-refractivity contribution in [2.24, 2.45) is 23.7 Å². The van der Waals surface area contributed by atoms with E-state index in [1.807, 2.05) is 0 Å². The molecule has 0 aromatic carbocycles. The van der Waals surface area contributed by atoms with Gasteiger partial charge in [0.25, 0.3) is 0 Å². The third kappa shape index (κ3) is 4.79. The minimum Gasteiger partial charge on any atom is -0.379 e. The Morgan fingerprint density at radius 1 is 1.27 bits per heavy atom. The van der Waals surface area contributed by atoms with E-state index in [-0.39, 0.29) is 5.92 Å². The van der Waals surface area contributed by atoms with Crippen molar-refractivity contribution in [3.05, 3.63) is 0 Å². The third-order valence-corrected chi connectivity index (χ3v) is 6.10. The molecule has 1 aliphatic carbocycles. The summed E-state index contributed by atoms with van der Waals surface area (Å²) in [5.74, 6) is 2.32. The van der Waals surface area contributed by atoms with E-state index in [1.54, 1.807) is 0 Å². The van der Waals surface area contributed by atoms with Crippen LogP contribution < -0.4 is 0 Å². The van der Waals surface area contributed by atoms with Gasteiger partial charge in [-0.15, -0.1) is 0 Å². The molecule has 0 amide bonds. The molecule has 0 radical (unpaired) electrons. The zero-order valence-electron chi connectivity index (χ0n) is 14.9. The molecule has 1 heterocycles. The van der Waals surface area contributed by atoms with Gasteiger partial charge in [0.1, 0.15) is 5.78 Å². The van der Waals surface area contributed by atoms with Crippen LogP contribution in [0.1, 0.15) is 59.3 Å². The van der Waals surface area contributed by atoms with Crippen LogP contribution in [0.15, 0.2) is 0 Å². The Bertz CT molecular complexity index is 338. The van der Waals surface area contributed by atoms with Gasteiger partial charge in [-0.3, -0.25) is 9.69 Å². The standard InChI is InChI=1S/C19H35NO2/c1-4-15(2)18-9-5-7-17(16(3)19(18)21)8-6-10-20-11-13-22-14-12-20/h15-18H,4-14H2,1-3H3. The molecule has 3 nitrogen and oxygen atoms in total. The summed E-state index contributed by atoms with van der Waals surface area (Å²) in [5.41, 5.74) is 0. The Hall–Kier alpha value is -0.410. The number of morpholine rings is 1. The lowest BCUT2D eigenvalue weighted by atomic mass is 9.79. The van der Waals surface area contributed by atoms with Crippen LogP contribution in [-0.4, -0.2) is 43.5 Å². The summed E-state index contributed by atoms with van der Waals surface area (Å²) in [6.07, 6.45) is 7.20. The van der Waals surface area contributed by atoms with Gasteiger partial charge in [-0.1, -0.05) is 33.6 Å². The van der Waals surface area contributed by atoms with Crippen LogP contribution in [0.2, 0.25) is 0 Å². The van der Waals surface area contributed by atoms with Crippen molar-refractivity contribution in [1.29, 1.82) is 0 Å². The fourth-order valence-corrected chi connectivity index (χ4v) is 4.21. The molecule has 4 atom stereocenters. The minimum atomic E-state index is 0.270. The average molecular weight is 309 g/mol. The van der Waals surface area contributed by atoms with Gasteiger partial charge in [0, 0.05) is 24.9 Å². The maximum absolute atomic E-state index is 12.8. The highest BCUT2D eigenvalue weighted by molar-refractivity contribution is 5.83. The van der Waals surface area contributed by atoms with Crippen molar-refractivity contribution in [1.82, 2.24) is 4.90 Å². The van der Waals surface area contributed by atoms with E-state index in [0.29, 0.717) is 23.5 Å². The van der Waals surface area contributed by atoms with E-state index in [2.05, 4.69) is 25.7 Å². The van der Waals surface area contributed by atoms with E-state index < -0.39 is 0 Å². The molecule has 0 N–H and O–H groups in total. The van der Waals surface area contributed by atoms with Crippen LogP contribution in [-0.2, 0) is 9.53 Å². The first-order valence-electron chi connectivity index (χ1n) is 9.47. The first kappa shape index (κ1) is 17.9. The zero-order valence-corrected chi connectivity index (χ0v) is 14.9. The highest BCUT2D eigenvalue weighted by atomic mass is 16.5. The predicted molar refractivity (Wildman–Crippen MR) is 91.0 cm³/mol. The van der Waals surface area contributed by atoms with Gasteiger partial charge >= 0.3 is 0 Å². The molecular weight excluding hydrogens is 274 g/mol. The number of rotatable bonds is 6. The van der Waals surface area contributed by atoms with Crippen LogP contribution in [0.3, 0.4) is 0 Å². The summed E-state index contributed by atoms with van der Waals surface area (Å²) in [6.45, 7) is 11.8. The highest BCUT2D eigenvalue weighted by Gasteiger charge is 2.34. The van der Waals surface area contributed by atoms with E-state index in [0.717, 1.165) is 39.1 Å². The first-order chi connectivity index (χ1) is 10.6. The Morgan fingerprint density at radius 2 is 2.00 bits per heavy atom. The van der Waals surface area contributed by atoms with Crippen molar-refractivity contribution in [3.63, 3.8) is 0 Å². The molecule has 1 saturated carbocycles. The number of Topliss-reactive ketones (excluding diaryl/α,β-unsaturated/α-hetero) is 1. The largest absolute Gasteiger partial charge is 0.379 e. The summed E-state index contributed by atoms with van der Waals surface area (Å²) in [6, 6.07) is 0. The summed E-state index contributed by atoms with van der Waals surface area (Å²) in [5, 5.41) is 0. The molecule has 4 unspecified atom stereocenters. The van der Waals surface area contributed by atoms with Gasteiger partial charge in [-0.2, -0.15) is 0 Å². The van der Waals surface area contributed by atoms with E-state index in [1.165, 1.54) is 32.2 Å². The van der Waals surface area contributed by atoms with E-state index in [9.17, 15) is 4.79 Å². The van der Waals surface area contributed by atoms with Gasteiger partial charge in [0.2, 0.25) is 0 Å². The van der Waals surface area contributed by atoms with Crippen LogP contribution in [0.4, 0.5) is 0 Å². The molecule has 0 aromatic rings. The zero-order chi connectivity index (χ0) is 15.9. The molecule has 1 aliphatic heterocycles. The molecule has 2 aliphatic rings. The normalized spacial score (nSPS) is 32.7. The smallest absolute Gasteiger partial charge is 0.139 e. The highest BCUT2D eigenvalue weighted by Crippen LogP contribution is 2.36. The number of nitrogens with zero attached hydrogens (tertiary/aromatic N) is 1. The number of hydrogen-bond donors (Lipinski definition) is 0. The second-order valence-electron chi connectivity index (χ2n) is 7.47. The minimum absolute atomic E-state index is 0.270. The van der Waals surface area contributed by atoms with Gasteiger partial charge in [0.05, 0.1) is 13.2 Å². The van der Waals surface area contributed by atoms with E-state index in [4.69, 9.17) is 4.74 Å². The average Bonchev–Trinajstić information content (AvgIpc) is 2.69. The Kier molecular flexibility index (Phi) is 7.36. The van der Waals surface area contributed by atoms with Crippen LogP contribution >= 0.6 is 0 Å². The second-order valence-corrected chi connectivity index (χ2v) is 7.47. The molecule has 2 rings (SSSR count). The Morgan fingerprint density at radius 3 is 2.68 bits per heavy atom.